The first kappa shape index (κ1) is 57.0. The summed E-state index contributed by atoms with van der Waals surface area (Å²) in [7, 11) is -0.216. The summed E-state index contributed by atoms with van der Waals surface area (Å²) in [6.45, 7) is 6.76. The Morgan fingerprint density at radius 1 is 0.633 bits per heavy atom. The van der Waals surface area contributed by atoms with Crippen molar-refractivity contribution in [3.8, 4) is 0 Å². The second-order valence-corrected chi connectivity index (χ2v) is 19.4. The van der Waals surface area contributed by atoms with E-state index in [1.54, 1.807) is 27.2 Å². The molecule has 0 aliphatic heterocycles. The molecule has 23 nitrogen and oxygen atoms in total. The molecule has 0 aliphatic rings. The fraction of sp³-hybridized carbons (Fsp3) is 0.676. The average Bonchev–Trinajstić information content (AvgIpc) is 3.23. The van der Waals surface area contributed by atoms with Gasteiger partial charge in [-0.1, -0.05) is 19.9 Å². The van der Waals surface area contributed by atoms with E-state index in [0.717, 1.165) is 0 Å². The summed E-state index contributed by atoms with van der Waals surface area (Å²) < 4.78 is 92.8. The van der Waals surface area contributed by atoms with E-state index in [0.29, 0.717) is 45.6 Å². The molecule has 0 amide bonds. The molecular formula is C34H61N4O19P3. The number of aldehydes is 1. The Morgan fingerprint density at radius 2 is 1.03 bits per heavy atom. The van der Waals surface area contributed by atoms with Crippen LogP contribution < -0.4 is 22.5 Å². The lowest BCUT2D eigenvalue weighted by Gasteiger charge is -2.24. The van der Waals surface area contributed by atoms with E-state index in [2.05, 4.69) is 28.1 Å². The van der Waals surface area contributed by atoms with Crippen LogP contribution in [0.3, 0.4) is 0 Å². The van der Waals surface area contributed by atoms with Gasteiger partial charge in [-0.05, 0) is 18.7 Å². The van der Waals surface area contributed by atoms with Crippen LogP contribution in [0.2, 0.25) is 0 Å². The van der Waals surface area contributed by atoms with Crippen LogP contribution in [0.4, 0.5) is 0 Å². The lowest BCUT2D eigenvalue weighted by atomic mass is 10.3. The Bertz CT molecular complexity index is 1880. The molecule has 0 bridgehead atoms. The normalized spacial score (nSPS) is 14.8. The molecule has 2 rings (SSSR count). The minimum Gasteiger partial charge on any atom is -0.382 e. The summed E-state index contributed by atoms with van der Waals surface area (Å²) in [6, 6.07) is 2.43. The number of methoxy groups -OCH3 is 2. The molecule has 0 saturated heterocycles. The zero-order chi connectivity index (χ0) is 45.8. The van der Waals surface area contributed by atoms with Gasteiger partial charge in [0.15, 0.2) is 18.4 Å². The van der Waals surface area contributed by atoms with Crippen LogP contribution in [0.5, 0.6) is 0 Å². The van der Waals surface area contributed by atoms with Gasteiger partial charge >= 0.3 is 26.6 Å². The van der Waals surface area contributed by atoms with E-state index < -0.39 is 69.7 Å². The molecule has 1 unspecified atom stereocenters. The van der Waals surface area contributed by atoms with Crippen molar-refractivity contribution in [2.24, 2.45) is 0 Å². The van der Waals surface area contributed by atoms with Crippen molar-refractivity contribution in [2.75, 3.05) is 102 Å². The monoisotopic (exact) mass is 922 g/mol. The van der Waals surface area contributed by atoms with Crippen molar-refractivity contribution in [3.63, 3.8) is 0 Å². The predicted octanol–water partition coefficient (Wildman–Crippen LogP) is 3.17. The SMILES string of the molecule is CC[C@@H](/C=C/P(C)(=O)OC)O[C@H](COCCOC)n1ccc(=O)[nH]c1=O.CC[C@@H](C=O)O[C@H](COCCOC)n1ccc(=O)[nH]c1=O.COP(=O)(CP(=O)(OC)OC)OC. The highest BCUT2D eigenvalue weighted by atomic mass is 31.2. The molecule has 5 atom stereocenters. The zero-order valence-electron chi connectivity index (χ0n) is 35.7. The lowest BCUT2D eigenvalue weighted by Crippen LogP contribution is -2.36. The molecule has 2 N–H and O–H groups in total. The number of aromatic nitrogens is 4. The Morgan fingerprint density at radius 3 is 1.35 bits per heavy atom. The second-order valence-electron chi connectivity index (χ2n) is 11.9. The molecule has 0 radical (unpaired) electrons. The number of ether oxygens (including phenoxy) is 6. The summed E-state index contributed by atoms with van der Waals surface area (Å²) in [5.74, 6) is 1.08. The maximum absolute atomic E-state index is 12.1. The van der Waals surface area contributed by atoms with Crippen LogP contribution in [0.25, 0.3) is 0 Å². The molecule has 0 aromatic carbocycles. The summed E-state index contributed by atoms with van der Waals surface area (Å²) in [6.07, 6.45) is 3.36. The molecular weight excluding hydrogens is 861 g/mol. The Kier molecular flexibility index (Phi) is 29.4. The Hall–Kier alpha value is -2.98. The van der Waals surface area contributed by atoms with Crippen LogP contribution >= 0.6 is 22.6 Å². The highest BCUT2D eigenvalue weighted by Crippen LogP contribution is 2.62. The zero-order valence-corrected chi connectivity index (χ0v) is 38.4. The minimum atomic E-state index is -3.35. The summed E-state index contributed by atoms with van der Waals surface area (Å²) >= 11 is 0. The van der Waals surface area contributed by atoms with Gasteiger partial charge in [-0.3, -0.25) is 42.4 Å². The molecule has 2 aromatic rings. The number of hydrogen-bond acceptors (Lipinski definition) is 19. The van der Waals surface area contributed by atoms with Crippen molar-refractivity contribution < 1.29 is 69.5 Å². The maximum Gasteiger partial charge on any atom is 0.342 e. The molecule has 0 aliphatic carbocycles. The van der Waals surface area contributed by atoms with Crippen LogP contribution in [0, 0.1) is 0 Å². The highest BCUT2D eigenvalue weighted by Gasteiger charge is 2.35. The topological polar surface area (TPSA) is 280 Å². The third kappa shape index (κ3) is 22.7. The minimum absolute atomic E-state index is 0.0552. The molecule has 0 saturated carbocycles. The molecule has 26 heteroatoms. The van der Waals surface area contributed by atoms with Crippen molar-refractivity contribution in [1.29, 1.82) is 0 Å². The van der Waals surface area contributed by atoms with E-state index >= 15 is 0 Å². The van der Waals surface area contributed by atoms with Crippen molar-refractivity contribution in [3.05, 3.63) is 78.1 Å². The van der Waals surface area contributed by atoms with Crippen LogP contribution in [-0.4, -0.2) is 140 Å². The van der Waals surface area contributed by atoms with Gasteiger partial charge in [0, 0.05) is 81.0 Å². The van der Waals surface area contributed by atoms with Gasteiger partial charge in [0.25, 0.3) is 11.1 Å². The molecule has 0 spiro atoms. The van der Waals surface area contributed by atoms with Gasteiger partial charge in [0.05, 0.1) is 45.7 Å². The van der Waals surface area contributed by atoms with Crippen molar-refractivity contribution >= 4 is 28.8 Å². The molecule has 2 aromatic heterocycles. The highest BCUT2D eigenvalue weighted by molar-refractivity contribution is 7.71. The quantitative estimate of drug-likeness (QED) is 0.0704. The number of carbonyl (C=O) groups is 1. The van der Waals surface area contributed by atoms with Gasteiger partial charge in [-0.2, -0.15) is 0 Å². The van der Waals surface area contributed by atoms with Gasteiger partial charge < -0.3 is 55.8 Å². The summed E-state index contributed by atoms with van der Waals surface area (Å²) in [5.41, 5.74) is -2.22. The Labute approximate surface area is 348 Å². The average molecular weight is 923 g/mol. The number of aromatic amines is 2. The Balaban J connectivity index is 0.000000920. The smallest absolute Gasteiger partial charge is 0.342 e. The summed E-state index contributed by atoms with van der Waals surface area (Å²) in [4.78, 5) is 61.4. The predicted molar refractivity (Wildman–Crippen MR) is 220 cm³/mol. The number of nitrogens with zero attached hydrogens (tertiary/aromatic N) is 2. The number of nitrogens with one attached hydrogen (secondary N) is 2. The number of hydrogen-bond donors (Lipinski definition) is 2. The largest absolute Gasteiger partial charge is 0.382 e. The van der Waals surface area contributed by atoms with Crippen molar-refractivity contribution in [1.82, 2.24) is 19.1 Å². The van der Waals surface area contributed by atoms with E-state index in [4.69, 9.17) is 32.9 Å². The molecule has 0 fully saturated rings. The first-order valence-corrected chi connectivity index (χ1v) is 23.8. The van der Waals surface area contributed by atoms with Gasteiger partial charge in [0.1, 0.15) is 12.4 Å². The number of H-pyrrole nitrogens is 2. The first-order chi connectivity index (χ1) is 28.4. The van der Waals surface area contributed by atoms with E-state index in [-0.39, 0.29) is 19.1 Å². The van der Waals surface area contributed by atoms with E-state index in [1.807, 2.05) is 6.92 Å². The van der Waals surface area contributed by atoms with E-state index in [1.165, 1.54) is 81.7 Å². The van der Waals surface area contributed by atoms with E-state index in [9.17, 15) is 37.7 Å². The fourth-order valence-corrected chi connectivity index (χ4v) is 8.61. The van der Waals surface area contributed by atoms with Gasteiger partial charge in [-0.15, -0.1) is 0 Å². The van der Waals surface area contributed by atoms with Crippen LogP contribution in [0.15, 0.2) is 55.6 Å². The van der Waals surface area contributed by atoms with Gasteiger partial charge in [0.2, 0.25) is 7.37 Å². The second kappa shape index (κ2) is 31.0. The van der Waals surface area contributed by atoms with Crippen LogP contribution in [0.1, 0.15) is 39.1 Å². The number of rotatable bonds is 28. The number of carbonyl (C=O) groups excluding carboxylic acids is 1. The first-order valence-electron chi connectivity index (χ1n) is 18.2. The third-order valence-corrected chi connectivity index (χ3v) is 14.2. The molecule has 346 valence electrons. The van der Waals surface area contributed by atoms with Gasteiger partial charge in [-0.25, -0.2) is 9.59 Å². The third-order valence-electron chi connectivity index (χ3n) is 7.72. The lowest BCUT2D eigenvalue weighted by molar-refractivity contribution is -0.134. The molecule has 2 heterocycles. The van der Waals surface area contributed by atoms with Crippen molar-refractivity contribution in [2.45, 2.75) is 51.4 Å². The standard InChI is InChI=1S/C16H27N2O7P.C13H20N2O6.C5H14O6P2/c1-5-13(7-11-26(4,21)23-3)25-15(12-24-10-9-22-2)18-8-6-14(19)17-16(18)20;1-3-10(8-16)21-12(9-20-7-6-19-2)15-5-4-11(17)14-13(15)18;1-8-12(6,9-2)5-13(7,10-3)11-4/h6-8,11,13,15H,5,9-10,12H2,1-4H3,(H,17,19,20);4-5,8,10,12H,3,6-7,9H2,1-2H3,(H,14,17,18);5H2,1-4H3/b11-7+;;/t13-,15+,26?;10-,12+;/m00./s1. The molecule has 60 heavy (non-hydrogen) atoms. The fourth-order valence-electron chi connectivity index (χ4n) is 4.14. The maximum atomic E-state index is 12.1. The summed E-state index contributed by atoms with van der Waals surface area (Å²) in [5, 5.41) is 0. The van der Waals surface area contributed by atoms with Crippen LogP contribution in [-0.2, 0) is 69.5 Å².